The molecule has 9 rings (SSSR count). The third-order valence-electron chi connectivity index (χ3n) is 7.89. The minimum Gasteiger partial charge on any atom is -0.508 e. The number of amidine groups is 1. The predicted molar refractivity (Wildman–Crippen MR) is 165 cm³/mol. The zero-order chi connectivity index (χ0) is 29.9. The summed E-state index contributed by atoms with van der Waals surface area (Å²) in [7, 11) is 0. The summed E-state index contributed by atoms with van der Waals surface area (Å²) in [6.07, 6.45) is 2.54. The SMILES string of the molecule is Oc1ccc2c(c1)c1cc(O)ccc1n2C1=NC2=CC(F)=CC3=NC(n4c5ccc(O)cc5c5cc(O)ccc54)=NC(=N1)N23. The van der Waals surface area contributed by atoms with E-state index >= 15 is 4.39 Å². The summed E-state index contributed by atoms with van der Waals surface area (Å²) in [6.45, 7) is 0. The Morgan fingerprint density at radius 3 is 1.34 bits per heavy atom. The first-order chi connectivity index (χ1) is 21.3. The Kier molecular flexibility index (Phi) is 4.58. The van der Waals surface area contributed by atoms with Crippen LogP contribution in [0.4, 0.5) is 4.39 Å². The molecule has 0 saturated carbocycles. The van der Waals surface area contributed by atoms with Gasteiger partial charge in [-0.1, -0.05) is 0 Å². The molecule has 212 valence electrons. The number of nitrogens with zero attached hydrogens (tertiary/aromatic N) is 7. The lowest BCUT2D eigenvalue weighted by Gasteiger charge is -2.32. The molecule has 2 aromatic heterocycles. The quantitative estimate of drug-likeness (QED) is 0.183. The highest BCUT2D eigenvalue weighted by Gasteiger charge is 2.34. The molecule has 3 aliphatic rings. The number of rotatable bonds is 0. The van der Waals surface area contributed by atoms with Crippen molar-refractivity contribution in [2.75, 3.05) is 0 Å². The van der Waals surface area contributed by atoms with Gasteiger partial charge in [0, 0.05) is 33.7 Å². The molecule has 4 aromatic carbocycles. The fourth-order valence-electron chi connectivity index (χ4n) is 6.09. The predicted octanol–water partition coefficient (Wildman–Crippen LogP) is 5.63. The summed E-state index contributed by atoms with van der Waals surface area (Å²) < 4.78 is 18.6. The Bertz CT molecular complexity index is 2270. The third kappa shape index (κ3) is 3.30. The van der Waals surface area contributed by atoms with Crippen LogP contribution in [-0.2, 0) is 0 Å². The van der Waals surface area contributed by atoms with Crippen LogP contribution in [0.2, 0.25) is 0 Å². The molecule has 0 amide bonds. The lowest BCUT2D eigenvalue weighted by Crippen LogP contribution is -2.43. The van der Waals surface area contributed by atoms with Crippen LogP contribution in [0.5, 0.6) is 23.0 Å². The third-order valence-corrected chi connectivity index (χ3v) is 7.89. The number of benzene rings is 4. The number of aliphatic imine (C=N–C) groups is 4. The number of phenolic OH excluding ortho intramolecular Hbond substituents is 4. The largest absolute Gasteiger partial charge is 0.508 e. The summed E-state index contributed by atoms with van der Waals surface area (Å²) in [4.78, 5) is 20.6. The molecule has 0 unspecified atom stereocenters. The van der Waals surface area contributed by atoms with E-state index in [9.17, 15) is 20.4 Å². The van der Waals surface area contributed by atoms with Crippen LogP contribution in [0.3, 0.4) is 0 Å². The monoisotopic (exact) mass is 583 g/mol. The lowest BCUT2D eigenvalue weighted by molar-refractivity contribution is 0.475. The van der Waals surface area contributed by atoms with Crippen LogP contribution >= 0.6 is 0 Å². The topological polar surface area (TPSA) is 143 Å². The van der Waals surface area contributed by atoms with Crippen molar-refractivity contribution in [1.82, 2.24) is 14.0 Å². The fraction of sp³-hybridized carbons (Fsp3) is 0. The highest BCUT2D eigenvalue weighted by molar-refractivity contribution is 6.25. The number of fused-ring (bicyclic) bond motifs is 6. The molecule has 12 heteroatoms. The van der Waals surface area contributed by atoms with Crippen molar-refractivity contribution in [2.24, 2.45) is 20.0 Å². The van der Waals surface area contributed by atoms with Crippen molar-refractivity contribution < 1.29 is 24.8 Å². The van der Waals surface area contributed by atoms with Gasteiger partial charge in [-0.2, -0.15) is 20.0 Å². The Morgan fingerprint density at radius 2 is 0.886 bits per heavy atom. The van der Waals surface area contributed by atoms with E-state index in [1.807, 2.05) is 0 Å². The van der Waals surface area contributed by atoms with Gasteiger partial charge in [-0.15, -0.1) is 0 Å². The summed E-state index contributed by atoms with van der Waals surface area (Å²) in [5.41, 5.74) is 2.62. The summed E-state index contributed by atoms with van der Waals surface area (Å²) in [5, 5.41) is 43.6. The Morgan fingerprint density at radius 1 is 0.477 bits per heavy atom. The van der Waals surface area contributed by atoms with E-state index in [-0.39, 0.29) is 52.5 Å². The second kappa shape index (κ2) is 8.32. The Labute approximate surface area is 245 Å². The highest BCUT2D eigenvalue weighted by Crippen LogP contribution is 2.37. The maximum Gasteiger partial charge on any atom is 0.243 e. The fourth-order valence-corrected chi connectivity index (χ4v) is 6.09. The number of aromatic hydroxyl groups is 4. The molecule has 0 aliphatic carbocycles. The van der Waals surface area contributed by atoms with Crippen molar-refractivity contribution in [3.8, 4) is 23.0 Å². The van der Waals surface area contributed by atoms with Crippen LogP contribution in [0.1, 0.15) is 0 Å². The second-order valence-corrected chi connectivity index (χ2v) is 10.5. The summed E-state index contributed by atoms with van der Waals surface area (Å²) in [5.74, 6) is 0.665. The van der Waals surface area contributed by atoms with E-state index < -0.39 is 5.83 Å². The minimum absolute atomic E-state index is 0.0559. The molecule has 0 spiro atoms. The van der Waals surface area contributed by atoms with Crippen molar-refractivity contribution in [3.63, 3.8) is 0 Å². The van der Waals surface area contributed by atoms with Crippen molar-refractivity contribution in [3.05, 3.63) is 96.6 Å². The number of aromatic nitrogens is 2. The van der Waals surface area contributed by atoms with Gasteiger partial charge in [0.05, 0.1) is 22.1 Å². The van der Waals surface area contributed by atoms with Gasteiger partial charge in [-0.25, -0.2) is 9.29 Å². The molecule has 3 aliphatic heterocycles. The molecule has 0 atom stereocenters. The van der Waals surface area contributed by atoms with Gasteiger partial charge in [0.1, 0.15) is 40.5 Å². The first kappa shape index (κ1) is 24.2. The standard InChI is InChI=1S/C32H18FN7O4/c33-15-9-28-34-30(38-24-5-1-16(41)11-20(24)21-12-17(42)2-6-25(21)38)36-32-37-31(35-29(10-15)40(28)32)39-26-7-3-18(43)13-22(26)23-14-19(44)4-8-27(23)39/h1-14,41-44H. The van der Waals surface area contributed by atoms with Crippen molar-refractivity contribution >= 4 is 67.3 Å². The van der Waals surface area contributed by atoms with Gasteiger partial charge >= 0.3 is 0 Å². The van der Waals surface area contributed by atoms with Gasteiger partial charge < -0.3 is 20.4 Å². The zero-order valence-corrected chi connectivity index (χ0v) is 22.4. The summed E-state index contributed by atoms with van der Waals surface area (Å²) >= 11 is 0. The first-order valence-corrected chi connectivity index (χ1v) is 13.5. The average molecular weight is 584 g/mol. The molecule has 6 aromatic rings. The van der Waals surface area contributed by atoms with Gasteiger partial charge in [0.15, 0.2) is 0 Å². The number of hydrogen-bond donors (Lipinski definition) is 4. The van der Waals surface area contributed by atoms with Crippen LogP contribution in [0.25, 0.3) is 43.6 Å². The first-order valence-electron chi connectivity index (χ1n) is 13.5. The van der Waals surface area contributed by atoms with Gasteiger partial charge in [-0.3, -0.25) is 9.13 Å². The molecule has 5 heterocycles. The number of hydrogen-bond acceptors (Lipinski definition) is 9. The summed E-state index contributed by atoms with van der Waals surface area (Å²) in [6, 6.07) is 19.4. The molecule has 0 saturated heterocycles. The number of guanidine groups is 1. The van der Waals surface area contributed by atoms with Crippen LogP contribution in [-0.4, -0.2) is 58.2 Å². The number of phenols is 4. The molecule has 4 N–H and O–H groups in total. The molecular formula is C32H18FN7O4. The van der Waals surface area contributed by atoms with Crippen LogP contribution < -0.4 is 0 Å². The van der Waals surface area contributed by atoms with Gasteiger partial charge in [0.25, 0.3) is 0 Å². The zero-order valence-electron chi connectivity index (χ0n) is 22.4. The van der Waals surface area contributed by atoms with Crippen molar-refractivity contribution in [1.29, 1.82) is 0 Å². The molecule has 0 radical (unpaired) electrons. The maximum atomic E-state index is 15.1. The molecule has 0 fully saturated rings. The Balaban J connectivity index is 1.32. The van der Waals surface area contributed by atoms with Gasteiger partial charge in [-0.05, 0) is 72.8 Å². The second-order valence-electron chi connectivity index (χ2n) is 10.5. The van der Waals surface area contributed by atoms with E-state index in [1.165, 1.54) is 12.2 Å². The minimum atomic E-state index is -0.560. The number of allylic oxidation sites excluding steroid dienone is 2. The van der Waals surface area contributed by atoms with Crippen LogP contribution in [0, 0.1) is 0 Å². The van der Waals surface area contributed by atoms with E-state index in [4.69, 9.17) is 20.0 Å². The molecular weight excluding hydrogens is 565 g/mol. The normalized spacial score (nSPS) is 16.1. The van der Waals surface area contributed by atoms with E-state index in [2.05, 4.69) is 0 Å². The average Bonchev–Trinajstić information content (AvgIpc) is 3.48. The number of halogens is 1. The van der Waals surface area contributed by atoms with E-state index in [1.54, 1.807) is 86.8 Å². The lowest BCUT2D eigenvalue weighted by atomic mass is 10.1. The van der Waals surface area contributed by atoms with E-state index in [0.717, 1.165) is 0 Å². The van der Waals surface area contributed by atoms with E-state index in [0.29, 0.717) is 43.6 Å². The highest BCUT2D eigenvalue weighted by atomic mass is 19.1. The Hall–Kier alpha value is -6.43. The van der Waals surface area contributed by atoms with Crippen LogP contribution in [0.15, 0.2) is 117 Å². The maximum absolute atomic E-state index is 15.1. The molecule has 11 nitrogen and oxygen atoms in total. The molecule has 44 heavy (non-hydrogen) atoms. The van der Waals surface area contributed by atoms with Gasteiger partial charge in [0.2, 0.25) is 17.9 Å². The molecule has 0 bridgehead atoms. The smallest absolute Gasteiger partial charge is 0.243 e. The van der Waals surface area contributed by atoms with Crippen molar-refractivity contribution in [2.45, 2.75) is 0 Å².